The van der Waals surface area contributed by atoms with Gasteiger partial charge in [0, 0.05) is 12.6 Å². The van der Waals surface area contributed by atoms with Crippen molar-refractivity contribution in [1.29, 1.82) is 0 Å². The van der Waals surface area contributed by atoms with Gasteiger partial charge in [-0.15, -0.1) is 0 Å². The minimum Gasteiger partial charge on any atom is -0.375 e. The van der Waals surface area contributed by atoms with Crippen molar-refractivity contribution in [3.63, 3.8) is 0 Å². The Morgan fingerprint density at radius 1 is 1.05 bits per heavy atom. The third kappa shape index (κ3) is 3.00. The molecule has 1 aliphatic heterocycles. The highest BCUT2D eigenvalue weighted by Crippen LogP contribution is 2.44. The quantitative estimate of drug-likeness (QED) is 0.822. The van der Waals surface area contributed by atoms with Crippen LogP contribution in [0, 0.1) is 17.8 Å². The first kappa shape index (κ1) is 13.9. The maximum atomic E-state index is 6.68. The van der Waals surface area contributed by atoms with Crippen molar-refractivity contribution in [3.05, 3.63) is 0 Å². The number of hydrogen-bond acceptors (Lipinski definition) is 2. The maximum absolute atomic E-state index is 6.68. The van der Waals surface area contributed by atoms with E-state index in [1.807, 2.05) is 0 Å². The van der Waals surface area contributed by atoms with Crippen LogP contribution in [0.4, 0.5) is 0 Å². The molecule has 0 radical (unpaired) electrons. The Hall–Kier alpha value is -0.0800. The van der Waals surface area contributed by atoms with Crippen LogP contribution in [-0.2, 0) is 4.74 Å². The van der Waals surface area contributed by atoms with E-state index in [1.165, 1.54) is 64.2 Å². The van der Waals surface area contributed by atoms with E-state index >= 15 is 0 Å². The van der Waals surface area contributed by atoms with Gasteiger partial charge in [-0.2, -0.15) is 0 Å². The predicted molar refractivity (Wildman–Crippen MR) is 79.0 cm³/mol. The lowest BCUT2D eigenvalue weighted by Gasteiger charge is -2.43. The maximum Gasteiger partial charge on any atom is 0.0685 e. The van der Waals surface area contributed by atoms with Gasteiger partial charge in [0.2, 0.25) is 0 Å². The third-order valence-corrected chi connectivity index (χ3v) is 6.11. The molecule has 110 valence electrons. The molecule has 3 aliphatic rings. The van der Waals surface area contributed by atoms with Crippen LogP contribution in [0.2, 0.25) is 0 Å². The van der Waals surface area contributed by atoms with E-state index < -0.39 is 0 Å². The monoisotopic (exact) mass is 265 g/mol. The first-order chi connectivity index (χ1) is 9.19. The summed E-state index contributed by atoms with van der Waals surface area (Å²) in [7, 11) is 0. The largest absolute Gasteiger partial charge is 0.375 e. The molecule has 19 heavy (non-hydrogen) atoms. The molecule has 2 N–H and O–H groups in total. The Balaban J connectivity index is 1.61. The van der Waals surface area contributed by atoms with E-state index in [-0.39, 0.29) is 5.60 Å². The molecule has 2 aliphatic carbocycles. The zero-order valence-corrected chi connectivity index (χ0v) is 12.6. The van der Waals surface area contributed by atoms with E-state index in [0.717, 1.165) is 24.4 Å². The number of rotatable bonds is 2. The Morgan fingerprint density at radius 2 is 1.84 bits per heavy atom. The Kier molecular flexibility index (Phi) is 4.19. The second-order valence-corrected chi connectivity index (χ2v) is 7.60. The summed E-state index contributed by atoms with van der Waals surface area (Å²) >= 11 is 0. The average molecular weight is 265 g/mol. The zero-order chi connectivity index (χ0) is 13.3. The third-order valence-electron chi connectivity index (χ3n) is 6.11. The van der Waals surface area contributed by atoms with Gasteiger partial charge in [0.15, 0.2) is 0 Å². The van der Waals surface area contributed by atoms with Crippen molar-refractivity contribution in [2.45, 2.75) is 82.8 Å². The number of ether oxygens (including phenoxy) is 1. The topological polar surface area (TPSA) is 35.2 Å². The summed E-state index contributed by atoms with van der Waals surface area (Å²) in [5.74, 6) is 2.40. The molecule has 2 heteroatoms. The number of nitrogens with two attached hydrogens (primary N) is 1. The smallest absolute Gasteiger partial charge is 0.0685 e. The predicted octanol–water partition coefficient (Wildman–Crippen LogP) is 3.88. The SMILES string of the molecule is CC1CCCC(C(N)C2CCOC3(CCCC3)C2)C1. The van der Waals surface area contributed by atoms with Gasteiger partial charge in [-0.05, 0) is 56.3 Å². The molecule has 4 unspecified atom stereocenters. The van der Waals surface area contributed by atoms with Crippen molar-refractivity contribution in [2.24, 2.45) is 23.5 Å². The van der Waals surface area contributed by atoms with Crippen molar-refractivity contribution < 1.29 is 4.74 Å². The van der Waals surface area contributed by atoms with E-state index in [2.05, 4.69) is 6.92 Å². The van der Waals surface area contributed by atoms with Gasteiger partial charge in [-0.1, -0.05) is 32.6 Å². The Labute approximate surface area is 118 Å². The molecule has 2 saturated carbocycles. The molecule has 3 fully saturated rings. The molecule has 3 rings (SSSR count). The summed E-state index contributed by atoms with van der Waals surface area (Å²) in [5.41, 5.74) is 6.92. The van der Waals surface area contributed by atoms with Crippen molar-refractivity contribution in [1.82, 2.24) is 0 Å². The van der Waals surface area contributed by atoms with Crippen molar-refractivity contribution in [3.8, 4) is 0 Å². The molecule has 0 bridgehead atoms. The second kappa shape index (κ2) is 5.73. The molecule has 0 aromatic carbocycles. The highest BCUT2D eigenvalue weighted by molar-refractivity contribution is 4.95. The van der Waals surface area contributed by atoms with Gasteiger partial charge < -0.3 is 10.5 Å². The zero-order valence-electron chi connectivity index (χ0n) is 12.6. The average Bonchev–Trinajstić information content (AvgIpc) is 2.86. The van der Waals surface area contributed by atoms with Crippen LogP contribution in [0.1, 0.15) is 71.1 Å². The van der Waals surface area contributed by atoms with Gasteiger partial charge >= 0.3 is 0 Å². The van der Waals surface area contributed by atoms with Crippen LogP contribution in [0.25, 0.3) is 0 Å². The summed E-state index contributed by atoms with van der Waals surface area (Å²) in [5, 5.41) is 0. The van der Waals surface area contributed by atoms with Gasteiger partial charge in [0.1, 0.15) is 0 Å². The molecule has 1 spiro atoms. The highest BCUT2D eigenvalue weighted by Gasteiger charge is 2.42. The molecule has 0 aromatic rings. The highest BCUT2D eigenvalue weighted by atomic mass is 16.5. The van der Waals surface area contributed by atoms with Crippen LogP contribution in [-0.4, -0.2) is 18.2 Å². The fourth-order valence-electron chi connectivity index (χ4n) is 4.98. The molecule has 1 saturated heterocycles. The van der Waals surface area contributed by atoms with E-state index in [1.54, 1.807) is 0 Å². The Morgan fingerprint density at radius 3 is 2.58 bits per heavy atom. The van der Waals surface area contributed by atoms with Gasteiger partial charge in [-0.3, -0.25) is 0 Å². The summed E-state index contributed by atoms with van der Waals surface area (Å²) in [6.45, 7) is 3.36. The lowest BCUT2D eigenvalue weighted by molar-refractivity contribution is -0.0996. The normalized spacial score (nSPS) is 40.4. The summed E-state index contributed by atoms with van der Waals surface area (Å²) < 4.78 is 6.16. The molecule has 0 amide bonds. The lowest BCUT2D eigenvalue weighted by Crippen LogP contribution is -2.47. The van der Waals surface area contributed by atoms with E-state index in [0.29, 0.717) is 6.04 Å². The van der Waals surface area contributed by atoms with Crippen LogP contribution in [0.15, 0.2) is 0 Å². The molecule has 1 heterocycles. The van der Waals surface area contributed by atoms with Crippen molar-refractivity contribution in [2.75, 3.05) is 6.61 Å². The molecule has 0 aromatic heterocycles. The standard InChI is InChI=1S/C17H31NO/c1-13-5-4-6-14(11-13)16(18)15-7-10-19-17(12-15)8-2-3-9-17/h13-16H,2-12,18H2,1H3. The minimum absolute atomic E-state index is 0.237. The second-order valence-electron chi connectivity index (χ2n) is 7.60. The first-order valence-electron chi connectivity index (χ1n) is 8.58. The molecule has 2 nitrogen and oxygen atoms in total. The fraction of sp³-hybridized carbons (Fsp3) is 1.00. The van der Waals surface area contributed by atoms with Gasteiger partial charge in [-0.25, -0.2) is 0 Å². The van der Waals surface area contributed by atoms with Crippen LogP contribution in [0.3, 0.4) is 0 Å². The van der Waals surface area contributed by atoms with E-state index in [4.69, 9.17) is 10.5 Å². The number of hydrogen-bond donors (Lipinski definition) is 1. The van der Waals surface area contributed by atoms with E-state index in [9.17, 15) is 0 Å². The van der Waals surface area contributed by atoms with Crippen molar-refractivity contribution >= 4 is 0 Å². The summed E-state index contributed by atoms with van der Waals surface area (Å²) in [6.07, 6.45) is 13.3. The van der Waals surface area contributed by atoms with Gasteiger partial charge in [0.05, 0.1) is 5.60 Å². The first-order valence-corrected chi connectivity index (χ1v) is 8.58. The van der Waals surface area contributed by atoms with Crippen LogP contribution >= 0.6 is 0 Å². The summed E-state index contributed by atoms with van der Waals surface area (Å²) in [4.78, 5) is 0. The molecular formula is C17H31NO. The van der Waals surface area contributed by atoms with Crippen LogP contribution in [0.5, 0.6) is 0 Å². The van der Waals surface area contributed by atoms with Gasteiger partial charge in [0.25, 0.3) is 0 Å². The molecule has 4 atom stereocenters. The fourth-order valence-corrected chi connectivity index (χ4v) is 4.98. The molecular weight excluding hydrogens is 234 g/mol. The Bertz CT molecular complexity index is 298. The van der Waals surface area contributed by atoms with Crippen LogP contribution < -0.4 is 5.73 Å². The lowest BCUT2D eigenvalue weighted by atomic mass is 9.71. The minimum atomic E-state index is 0.237. The summed E-state index contributed by atoms with van der Waals surface area (Å²) in [6, 6.07) is 0.434.